The Morgan fingerprint density at radius 3 is 2.75 bits per heavy atom. The Hall–Kier alpha value is -2.04. The summed E-state index contributed by atoms with van der Waals surface area (Å²) in [5.74, 6) is -1.63. The fraction of sp³-hybridized carbons (Fsp3) is 0.467. The summed E-state index contributed by atoms with van der Waals surface area (Å²) in [4.78, 5) is 24.2. The van der Waals surface area contributed by atoms with E-state index in [0.29, 0.717) is 18.5 Å². The number of phenols is 1. The molecule has 0 radical (unpaired) electrons. The molecule has 2 N–H and O–H groups in total. The van der Waals surface area contributed by atoms with Crippen molar-refractivity contribution in [2.45, 2.75) is 39.2 Å². The third kappa shape index (κ3) is 3.29. The standard InChI is InChI=1S/C15H19NO4/c1-15(2,3)20-14(19)11-7-5-9-4-6-10(17)8-12(9)16-13(11)18/h4,6,8,11,17H,5,7H2,1-3H3,(H,16,18)/t11-/m0/s1. The van der Waals surface area contributed by atoms with Crippen LogP contribution in [-0.2, 0) is 20.7 Å². The summed E-state index contributed by atoms with van der Waals surface area (Å²) in [5, 5.41) is 12.1. The largest absolute Gasteiger partial charge is 0.508 e. The first-order valence-corrected chi connectivity index (χ1v) is 6.62. The Morgan fingerprint density at radius 2 is 2.10 bits per heavy atom. The molecule has 1 atom stereocenters. The van der Waals surface area contributed by atoms with E-state index in [0.717, 1.165) is 5.56 Å². The fourth-order valence-corrected chi connectivity index (χ4v) is 2.15. The number of benzene rings is 1. The predicted octanol–water partition coefficient (Wildman–Crippen LogP) is 2.23. The highest BCUT2D eigenvalue weighted by atomic mass is 16.6. The molecular formula is C15H19NO4. The maximum Gasteiger partial charge on any atom is 0.319 e. The molecule has 5 nitrogen and oxygen atoms in total. The molecule has 5 heteroatoms. The van der Waals surface area contributed by atoms with Crippen LogP contribution < -0.4 is 5.32 Å². The van der Waals surface area contributed by atoms with E-state index in [1.807, 2.05) is 0 Å². The highest BCUT2D eigenvalue weighted by Crippen LogP contribution is 2.28. The van der Waals surface area contributed by atoms with Gasteiger partial charge in [-0.2, -0.15) is 0 Å². The molecular weight excluding hydrogens is 258 g/mol. The highest BCUT2D eigenvalue weighted by molar-refractivity contribution is 6.05. The maximum absolute atomic E-state index is 12.1. The number of carbonyl (C=O) groups excluding carboxylic acids is 2. The van der Waals surface area contributed by atoms with E-state index in [-0.39, 0.29) is 11.7 Å². The lowest BCUT2D eigenvalue weighted by Crippen LogP contribution is -2.35. The van der Waals surface area contributed by atoms with Crippen molar-refractivity contribution >= 4 is 17.6 Å². The first kappa shape index (κ1) is 14.4. The number of anilines is 1. The molecule has 1 aromatic rings. The van der Waals surface area contributed by atoms with Crippen LogP contribution in [0.2, 0.25) is 0 Å². The molecule has 0 aromatic heterocycles. The monoisotopic (exact) mass is 277 g/mol. The zero-order valence-corrected chi connectivity index (χ0v) is 11.9. The molecule has 0 spiro atoms. The normalized spacial score (nSPS) is 18.8. The van der Waals surface area contributed by atoms with Crippen molar-refractivity contribution in [1.82, 2.24) is 0 Å². The molecule has 1 heterocycles. The van der Waals surface area contributed by atoms with Crippen molar-refractivity contribution < 1.29 is 19.4 Å². The fourth-order valence-electron chi connectivity index (χ4n) is 2.15. The topological polar surface area (TPSA) is 75.6 Å². The van der Waals surface area contributed by atoms with Gasteiger partial charge in [-0.3, -0.25) is 9.59 Å². The lowest BCUT2D eigenvalue weighted by atomic mass is 10.00. The van der Waals surface area contributed by atoms with Crippen molar-refractivity contribution in [2.75, 3.05) is 5.32 Å². The molecule has 0 aliphatic carbocycles. The van der Waals surface area contributed by atoms with Gasteiger partial charge in [-0.15, -0.1) is 0 Å². The summed E-state index contributed by atoms with van der Waals surface area (Å²) < 4.78 is 5.28. The minimum absolute atomic E-state index is 0.0831. The van der Waals surface area contributed by atoms with Gasteiger partial charge in [0.1, 0.15) is 17.3 Å². The lowest BCUT2D eigenvalue weighted by molar-refractivity contribution is -0.161. The minimum Gasteiger partial charge on any atom is -0.508 e. The maximum atomic E-state index is 12.1. The Balaban J connectivity index is 2.18. The highest BCUT2D eigenvalue weighted by Gasteiger charge is 2.33. The predicted molar refractivity (Wildman–Crippen MR) is 74.4 cm³/mol. The van der Waals surface area contributed by atoms with Gasteiger partial charge in [-0.1, -0.05) is 6.07 Å². The number of hydrogen-bond acceptors (Lipinski definition) is 4. The van der Waals surface area contributed by atoms with E-state index in [1.165, 1.54) is 6.07 Å². The van der Waals surface area contributed by atoms with Gasteiger partial charge in [0, 0.05) is 11.8 Å². The average Bonchev–Trinajstić information content (AvgIpc) is 2.44. The second kappa shape index (κ2) is 5.15. The van der Waals surface area contributed by atoms with Crippen molar-refractivity contribution in [3.8, 4) is 5.75 Å². The first-order valence-electron chi connectivity index (χ1n) is 6.62. The number of carbonyl (C=O) groups is 2. The van der Waals surface area contributed by atoms with Gasteiger partial charge in [0.2, 0.25) is 5.91 Å². The van der Waals surface area contributed by atoms with Crippen molar-refractivity contribution in [3.63, 3.8) is 0 Å². The van der Waals surface area contributed by atoms with Gasteiger partial charge in [0.15, 0.2) is 0 Å². The molecule has 108 valence electrons. The Bertz CT molecular complexity index is 545. The van der Waals surface area contributed by atoms with Crippen LogP contribution in [0.25, 0.3) is 0 Å². The molecule has 1 aromatic carbocycles. The van der Waals surface area contributed by atoms with E-state index in [2.05, 4.69) is 5.32 Å². The summed E-state index contributed by atoms with van der Waals surface area (Å²) >= 11 is 0. The molecule has 2 rings (SSSR count). The molecule has 1 aliphatic heterocycles. The molecule has 1 aliphatic rings. The molecule has 0 unspecified atom stereocenters. The summed E-state index contributed by atoms with van der Waals surface area (Å²) in [6.07, 6.45) is 0.983. The summed E-state index contributed by atoms with van der Waals surface area (Å²) in [6, 6.07) is 4.81. The van der Waals surface area contributed by atoms with Crippen LogP contribution in [0.1, 0.15) is 32.8 Å². The smallest absolute Gasteiger partial charge is 0.319 e. The number of aromatic hydroxyl groups is 1. The Kier molecular flexibility index (Phi) is 3.70. The van der Waals surface area contributed by atoms with E-state index in [4.69, 9.17) is 4.74 Å². The first-order chi connectivity index (χ1) is 9.26. The quantitative estimate of drug-likeness (QED) is 0.609. The molecule has 1 amide bonds. The number of nitrogens with one attached hydrogen (secondary N) is 1. The van der Waals surface area contributed by atoms with Crippen molar-refractivity contribution in [1.29, 1.82) is 0 Å². The number of amides is 1. The van der Waals surface area contributed by atoms with E-state index >= 15 is 0 Å². The second-order valence-electron chi connectivity index (χ2n) is 5.96. The summed E-state index contributed by atoms with van der Waals surface area (Å²) in [5.41, 5.74) is 0.845. The van der Waals surface area contributed by atoms with Gasteiger partial charge in [-0.05, 0) is 45.2 Å². The van der Waals surface area contributed by atoms with Gasteiger partial charge in [0.25, 0.3) is 0 Å². The number of aryl methyl sites for hydroxylation is 1. The SMILES string of the molecule is CC(C)(C)OC(=O)[C@H]1CCc2ccc(O)cc2NC1=O. The summed E-state index contributed by atoms with van der Waals surface area (Å²) in [7, 11) is 0. The van der Waals surface area contributed by atoms with Crippen LogP contribution in [0.3, 0.4) is 0 Å². The Labute approximate surface area is 117 Å². The van der Waals surface area contributed by atoms with Crippen LogP contribution in [0.15, 0.2) is 18.2 Å². The average molecular weight is 277 g/mol. The number of hydrogen-bond donors (Lipinski definition) is 2. The van der Waals surface area contributed by atoms with Crippen LogP contribution in [0.5, 0.6) is 5.75 Å². The van der Waals surface area contributed by atoms with Gasteiger partial charge in [-0.25, -0.2) is 0 Å². The van der Waals surface area contributed by atoms with Gasteiger partial charge in [0.05, 0.1) is 0 Å². The number of ether oxygens (including phenoxy) is 1. The van der Waals surface area contributed by atoms with Crippen LogP contribution >= 0.6 is 0 Å². The summed E-state index contributed by atoms with van der Waals surface area (Å²) in [6.45, 7) is 5.31. The minimum atomic E-state index is -0.816. The zero-order valence-electron chi connectivity index (χ0n) is 11.9. The third-order valence-electron chi connectivity index (χ3n) is 3.06. The van der Waals surface area contributed by atoms with Crippen molar-refractivity contribution in [3.05, 3.63) is 23.8 Å². The second-order valence-corrected chi connectivity index (χ2v) is 5.96. The Morgan fingerprint density at radius 1 is 1.40 bits per heavy atom. The zero-order chi connectivity index (χ0) is 14.9. The molecule has 0 fully saturated rings. The third-order valence-corrected chi connectivity index (χ3v) is 3.06. The van der Waals surface area contributed by atoms with Gasteiger partial charge >= 0.3 is 5.97 Å². The number of phenolic OH excluding ortho intramolecular Hbond substituents is 1. The number of rotatable bonds is 1. The van der Waals surface area contributed by atoms with Crippen LogP contribution in [0, 0.1) is 5.92 Å². The van der Waals surface area contributed by atoms with E-state index in [9.17, 15) is 14.7 Å². The van der Waals surface area contributed by atoms with Crippen LogP contribution in [0.4, 0.5) is 5.69 Å². The molecule has 20 heavy (non-hydrogen) atoms. The van der Waals surface area contributed by atoms with E-state index < -0.39 is 17.5 Å². The number of esters is 1. The molecule has 0 saturated carbocycles. The van der Waals surface area contributed by atoms with Gasteiger partial charge < -0.3 is 15.2 Å². The number of fused-ring (bicyclic) bond motifs is 1. The lowest BCUT2D eigenvalue weighted by Gasteiger charge is -2.22. The molecule has 0 saturated heterocycles. The van der Waals surface area contributed by atoms with Crippen molar-refractivity contribution in [2.24, 2.45) is 5.92 Å². The van der Waals surface area contributed by atoms with E-state index in [1.54, 1.807) is 32.9 Å². The van der Waals surface area contributed by atoms with Crippen LogP contribution in [-0.4, -0.2) is 22.6 Å². The molecule has 0 bridgehead atoms.